The lowest BCUT2D eigenvalue weighted by Crippen LogP contribution is -2.42. The van der Waals surface area contributed by atoms with E-state index in [9.17, 15) is 4.79 Å². The van der Waals surface area contributed by atoms with E-state index in [4.69, 9.17) is 9.47 Å². The van der Waals surface area contributed by atoms with E-state index in [1.54, 1.807) is 14.2 Å². The van der Waals surface area contributed by atoms with Crippen LogP contribution in [0.4, 0.5) is 4.79 Å². The van der Waals surface area contributed by atoms with Gasteiger partial charge in [-0.1, -0.05) is 42.8 Å². The molecule has 1 fully saturated rings. The van der Waals surface area contributed by atoms with E-state index in [1.165, 1.54) is 24.8 Å². The van der Waals surface area contributed by atoms with Crippen molar-refractivity contribution in [2.45, 2.75) is 31.7 Å². The Morgan fingerprint density at radius 3 is 2.44 bits per heavy atom. The highest BCUT2D eigenvalue weighted by atomic mass is 16.5. The molecule has 3 rings (SSSR count). The first kappa shape index (κ1) is 19.1. The third-order valence-corrected chi connectivity index (χ3v) is 5.21. The van der Waals surface area contributed by atoms with Crippen LogP contribution in [0.3, 0.4) is 0 Å². The molecule has 27 heavy (non-hydrogen) atoms. The van der Waals surface area contributed by atoms with Crippen LogP contribution in [-0.4, -0.2) is 26.8 Å². The Morgan fingerprint density at radius 2 is 1.81 bits per heavy atom. The van der Waals surface area contributed by atoms with Crippen LogP contribution in [0.2, 0.25) is 0 Å². The van der Waals surface area contributed by atoms with Gasteiger partial charge >= 0.3 is 6.03 Å². The van der Waals surface area contributed by atoms with Crippen LogP contribution in [0.5, 0.6) is 11.5 Å². The van der Waals surface area contributed by atoms with E-state index >= 15 is 0 Å². The Kier molecular flexibility index (Phi) is 6.58. The summed E-state index contributed by atoms with van der Waals surface area (Å²) in [7, 11) is 3.24. The number of amides is 2. The maximum Gasteiger partial charge on any atom is 0.315 e. The normalized spacial score (nSPS) is 14.7. The van der Waals surface area contributed by atoms with E-state index in [-0.39, 0.29) is 12.1 Å². The number of carbonyl (C=O) groups excluding carboxylic acids is 1. The maximum absolute atomic E-state index is 12.4. The molecule has 0 aromatic heterocycles. The Labute approximate surface area is 161 Å². The van der Waals surface area contributed by atoms with Crippen molar-refractivity contribution >= 4 is 6.03 Å². The Morgan fingerprint density at radius 1 is 1.07 bits per heavy atom. The van der Waals surface area contributed by atoms with Crippen LogP contribution in [0.15, 0.2) is 48.5 Å². The molecule has 1 saturated carbocycles. The van der Waals surface area contributed by atoms with Gasteiger partial charge in [-0.2, -0.15) is 0 Å². The molecule has 2 aromatic carbocycles. The summed E-state index contributed by atoms with van der Waals surface area (Å²) in [5.74, 6) is 1.94. The zero-order valence-corrected chi connectivity index (χ0v) is 16.0. The molecule has 0 heterocycles. The fourth-order valence-electron chi connectivity index (χ4n) is 3.46. The number of rotatable bonds is 8. The number of urea groups is 1. The zero-order valence-electron chi connectivity index (χ0n) is 16.0. The molecule has 0 spiro atoms. The molecule has 5 nitrogen and oxygen atoms in total. The van der Waals surface area contributed by atoms with Gasteiger partial charge in [-0.3, -0.25) is 0 Å². The number of hydrogen-bond donors (Lipinski definition) is 2. The largest absolute Gasteiger partial charge is 0.493 e. The number of carbonyl (C=O) groups is 1. The predicted molar refractivity (Wildman–Crippen MR) is 106 cm³/mol. The highest BCUT2D eigenvalue weighted by Gasteiger charge is 2.29. The lowest BCUT2D eigenvalue weighted by molar-refractivity contribution is 0.208. The molecular weight excluding hydrogens is 340 g/mol. The maximum atomic E-state index is 12.4. The van der Waals surface area contributed by atoms with E-state index in [0.29, 0.717) is 24.0 Å². The molecule has 2 N–H and O–H groups in total. The smallest absolute Gasteiger partial charge is 0.315 e. The highest BCUT2D eigenvalue weighted by Crippen LogP contribution is 2.37. The number of hydrogen-bond acceptors (Lipinski definition) is 3. The van der Waals surface area contributed by atoms with Crippen molar-refractivity contribution in [3.63, 3.8) is 0 Å². The van der Waals surface area contributed by atoms with Gasteiger partial charge in [0.25, 0.3) is 0 Å². The van der Waals surface area contributed by atoms with Crippen LogP contribution in [-0.2, 0) is 6.42 Å². The third-order valence-electron chi connectivity index (χ3n) is 5.21. The van der Waals surface area contributed by atoms with Gasteiger partial charge in [0.05, 0.1) is 20.3 Å². The van der Waals surface area contributed by atoms with Crippen LogP contribution in [0.25, 0.3) is 0 Å². The van der Waals surface area contributed by atoms with E-state index in [2.05, 4.69) is 22.8 Å². The van der Waals surface area contributed by atoms with Gasteiger partial charge in [-0.25, -0.2) is 4.79 Å². The number of benzene rings is 2. The molecule has 1 aliphatic carbocycles. The average molecular weight is 368 g/mol. The molecule has 0 aliphatic heterocycles. The van der Waals surface area contributed by atoms with Crippen molar-refractivity contribution in [1.29, 1.82) is 0 Å². The van der Waals surface area contributed by atoms with Gasteiger partial charge in [-0.15, -0.1) is 0 Å². The minimum absolute atomic E-state index is 0.0843. The molecule has 1 atom stereocenters. The Hall–Kier alpha value is -2.69. The van der Waals surface area contributed by atoms with Crippen LogP contribution >= 0.6 is 0 Å². The summed E-state index contributed by atoms with van der Waals surface area (Å²) in [5, 5.41) is 6.15. The third kappa shape index (κ3) is 4.94. The molecule has 0 saturated heterocycles. The Bertz CT molecular complexity index is 744. The summed E-state index contributed by atoms with van der Waals surface area (Å²) in [6.07, 6.45) is 4.32. The summed E-state index contributed by atoms with van der Waals surface area (Å²) >= 11 is 0. The van der Waals surface area contributed by atoms with Crippen molar-refractivity contribution in [1.82, 2.24) is 10.6 Å². The van der Waals surface area contributed by atoms with Gasteiger partial charge in [0, 0.05) is 6.54 Å². The number of ether oxygens (including phenoxy) is 2. The van der Waals surface area contributed by atoms with Crippen molar-refractivity contribution < 1.29 is 14.3 Å². The van der Waals surface area contributed by atoms with Gasteiger partial charge in [0.2, 0.25) is 0 Å². The molecule has 2 aromatic rings. The summed E-state index contributed by atoms with van der Waals surface area (Å²) in [6, 6.07) is 16.0. The minimum Gasteiger partial charge on any atom is -0.493 e. The summed E-state index contributed by atoms with van der Waals surface area (Å²) in [4.78, 5) is 12.4. The first-order valence-corrected chi connectivity index (χ1v) is 9.51. The first-order valence-electron chi connectivity index (χ1n) is 9.51. The van der Waals surface area contributed by atoms with Crippen molar-refractivity contribution in [3.8, 4) is 11.5 Å². The van der Waals surface area contributed by atoms with Crippen molar-refractivity contribution in [2.75, 3.05) is 20.8 Å². The topological polar surface area (TPSA) is 59.6 Å². The molecule has 0 radical (unpaired) electrons. The van der Waals surface area contributed by atoms with Crippen LogP contribution in [0.1, 0.15) is 36.4 Å². The summed E-state index contributed by atoms with van der Waals surface area (Å²) < 4.78 is 10.6. The molecule has 144 valence electrons. The first-order chi connectivity index (χ1) is 13.2. The Balaban J connectivity index is 1.52. The molecule has 0 bridgehead atoms. The van der Waals surface area contributed by atoms with Gasteiger partial charge < -0.3 is 20.1 Å². The predicted octanol–water partition coefficient (Wildman–Crippen LogP) is 4.09. The summed E-state index contributed by atoms with van der Waals surface area (Å²) in [5.41, 5.74) is 2.27. The standard InChI is InChI=1S/C22H28N2O3/c1-26-19-12-11-16(15-20(19)27-2)13-14-23-22(25)24-21(18-9-6-10-18)17-7-4-3-5-8-17/h3-5,7-8,11-12,15,18,21H,6,9-10,13-14H2,1-2H3,(H2,23,24,25). The van der Waals surface area contributed by atoms with Gasteiger partial charge in [0.15, 0.2) is 11.5 Å². The molecule has 2 amide bonds. The second-order valence-electron chi connectivity index (χ2n) is 6.92. The van der Waals surface area contributed by atoms with Gasteiger partial charge in [0.1, 0.15) is 0 Å². The molecule has 1 aliphatic rings. The molecular formula is C22H28N2O3. The van der Waals surface area contributed by atoms with Crippen LogP contribution < -0.4 is 20.1 Å². The van der Waals surface area contributed by atoms with Crippen molar-refractivity contribution in [3.05, 3.63) is 59.7 Å². The SMILES string of the molecule is COc1ccc(CCNC(=O)NC(c2ccccc2)C2CCC2)cc1OC. The van der Waals surface area contributed by atoms with Gasteiger partial charge in [-0.05, 0) is 48.4 Å². The molecule has 1 unspecified atom stereocenters. The second-order valence-corrected chi connectivity index (χ2v) is 6.92. The number of nitrogens with one attached hydrogen (secondary N) is 2. The van der Waals surface area contributed by atoms with E-state index in [0.717, 1.165) is 12.0 Å². The van der Waals surface area contributed by atoms with E-state index in [1.807, 2.05) is 36.4 Å². The quantitative estimate of drug-likeness (QED) is 0.738. The molecule has 5 heteroatoms. The number of methoxy groups -OCH3 is 2. The highest BCUT2D eigenvalue weighted by molar-refractivity contribution is 5.74. The van der Waals surface area contributed by atoms with Crippen LogP contribution in [0, 0.1) is 5.92 Å². The monoisotopic (exact) mass is 368 g/mol. The average Bonchev–Trinajstić information content (AvgIpc) is 2.66. The lowest BCUT2D eigenvalue weighted by Gasteiger charge is -2.34. The zero-order chi connectivity index (χ0) is 19.1. The fourth-order valence-corrected chi connectivity index (χ4v) is 3.46. The minimum atomic E-state index is -0.115. The second kappa shape index (κ2) is 9.31. The van der Waals surface area contributed by atoms with E-state index < -0.39 is 0 Å². The van der Waals surface area contributed by atoms with Crippen molar-refractivity contribution in [2.24, 2.45) is 5.92 Å². The summed E-state index contributed by atoms with van der Waals surface area (Å²) in [6.45, 7) is 0.563. The lowest BCUT2D eigenvalue weighted by atomic mass is 9.77. The fraction of sp³-hybridized carbons (Fsp3) is 0.409.